The van der Waals surface area contributed by atoms with Gasteiger partial charge in [-0.05, 0) is 51.7 Å². The van der Waals surface area contributed by atoms with Crippen molar-refractivity contribution in [2.75, 3.05) is 13.1 Å². The number of likely N-dealkylation sites (tertiary alicyclic amines) is 1. The molecule has 1 aromatic rings. The van der Waals surface area contributed by atoms with Gasteiger partial charge in [-0.15, -0.1) is 0 Å². The molecule has 1 aromatic carbocycles. The maximum Gasteiger partial charge on any atom is 0.407 e. The number of benzene rings is 1. The minimum Gasteiger partial charge on any atom is -0.444 e. The van der Waals surface area contributed by atoms with Crippen molar-refractivity contribution in [2.45, 2.75) is 45.3 Å². The van der Waals surface area contributed by atoms with Gasteiger partial charge in [0.1, 0.15) is 5.60 Å². The summed E-state index contributed by atoms with van der Waals surface area (Å²) in [7, 11) is 0. The topological polar surface area (TPSA) is 58.6 Å². The molecule has 2 fully saturated rings. The lowest BCUT2D eigenvalue weighted by Gasteiger charge is -2.25. The van der Waals surface area contributed by atoms with Gasteiger partial charge in [-0.1, -0.05) is 18.2 Å². The summed E-state index contributed by atoms with van der Waals surface area (Å²) >= 11 is 0. The Morgan fingerprint density at radius 3 is 2.50 bits per heavy atom. The van der Waals surface area contributed by atoms with Crippen LogP contribution in [0, 0.1) is 11.8 Å². The van der Waals surface area contributed by atoms with Gasteiger partial charge in [0.2, 0.25) is 0 Å². The molecule has 1 saturated heterocycles. The first-order chi connectivity index (χ1) is 11.3. The number of hydrogen-bond donors (Lipinski definition) is 1. The molecule has 1 heterocycles. The van der Waals surface area contributed by atoms with E-state index in [-0.39, 0.29) is 18.0 Å². The Kier molecular flexibility index (Phi) is 4.52. The highest BCUT2D eigenvalue weighted by Crippen LogP contribution is 2.38. The normalized spacial score (nSPS) is 26.1. The predicted octanol–water partition coefficient (Wildman–Crippen LogP) is 3.06. The number of alkyl carbamates (subject to hydrolysis) is 1. The zero-order valence-electron chi connectivity index (χ0n) is 14.6. The van der Waals surface area contributed by atoms with Crippen molar-refractivity contribution in [2.24, 2.45) is 11.8 Å². The molecule has 3 atom stereocenters. The summed E-state index contributed by atoms with van der Waals surface area (Å²) in [5.74, 6) is 0.879. The van der Waals surface area contributed by atoms with Gasteiger partial charge in [0.15, 0.2) is 0 Å². The Morgan fingerprint density at radius 2 is 1.83 bits per heavy atom. The number of nitrogens with one attached hydrogen (secondary N) is 1. The number of ether oxygens (including phenoxy) is 1. The van der Waals surface area contributed by atoms with E-state index in [4.69, 9.17) is 4.74 Å². The zero-order chi connectivity index (χ0) is 17.3. The molecule has 0 unspecified atom stereocenters. The summed E-state index contributed by atoms with van der Waals surface area (Å²) in [6, 6.07) is 9.49. The SMILES string of the molecule is CC(C)(C)OC(=O)N[C@@H]1CC[C@@H]2CN(C(=O)c3ccccc3)C[C@H]21. The highest BCUT2D eigenvalue weighted by Gasteiger charge is 2.44. The molecule has 0 radical (unpaired) electrons. The highest BCUT2D eigenvalue weighted by molar-refractivity contribution is 5.94. The van der Waals surface area contributed by atoms with Crippen LogP contribution in [0.1, 0.15) is 44.0 Å². The summed E-state index contributed by atoms with van der Waals surface area (Å²) in [4.78, 5) is 26.6. The second kappa shape index (κ2) is 6.46. The van der Waals surface area contributed by atoms with Gasteiger partial charge >= 0.3 is 6.09 Å². The smallest absolute Gasteiger partial charge is 0.407 e. The van der Waals surface area contributed by atoms with Crippen LogP contribution in [0.4, 0.5) is 4.79 Å². The molecule has 0 spiro atoms. The molecule has 1 N–H and O–H groups in total. The van der Waals surface area contributed by atoms with E-state index in [0.29, 0.717) is 18.4 Å². The van der Waals surface area contributed by atoms with E-state index in [0.717, 1.165) is 24.9 Å². The molecule has 0 bridgehead atoms. The number of rotatable bonds is 2. The van der Waals surface area contributed by atoms with E-state index in [1.807, 2.05) is 56.0 Å². The fraction of sp³-hybridized carbons (Fsp3) is 0.579. The van der Waals surface area contributed by atoms with Crippen LogP contribution in [0.15, 0.2) is 30.3 Å². The van der Waals surface area contributed by atoms with Crippen LogP contribution in [0.25, 0.3) is 0 Å². The largest absolute Gasteiger partial charge is 0.444 e. The molecule has 1 saturated carbocycles. The number of amides is 2. The predicted molar refractivity (Wildman–Crippen MR) is 91.7 cm³/mol. The number of hydrogen-bond acceptors (Lipinski definition) is 3. The molecule has 2 aliphatic rings. The molecule has 0 aromatic heterocycles. The lowest BCUT2D eigenvalue weighted by molar-refractivity contribution is 0.0491. The van der Waals surface area contributed by atoms with Crippen LogP contribution in [0.5, 0.6) is 0 Å². The van der Waals surface area contributed by atoms with Gasteiger partial charge in [0.25, 0.3) is 5.91 Å². The van der Waals surface area contributed by atoms with E-state index in [1.54, 1.807) is 0 Å². The van der Waals surface area contributed by atoms with Crippen LogP contribution in [0.2, 0.25) is 0 Å². The summed E-state index contributed by atoms with van der Waals surface area (Å²) in [6.07, 6.45) is 1.65. The molecule has 24 heavy (non-hydrogen) atoms. The summed E-state index contributed by atoms with van der Waals surface area (Å²) in [5, 5.41) is 3.01. The van der Waals surface area contributed by atoms with E-state index >= 15 is 0 Å². The average Bonchev–Trinajstić information content (AvgIpc) is 3.07. The van der Waals surface area contributed by atoms with Crippen LogP contribution in [-0.2, 0) is 4.74 Å². The quantitative estimate of drug-likeness (QED) is 0.906. The van der Waals surface area contributed by atoms with Crippen molar-refractivity contribution in [3.8, 4) is 0 Å². The lowest BCUT2D eigenvalue weighted by atomic mass is 9.98. The minimum absolute atomic E-state index is 0.0843. The standard InChI is InChI=1S/C19H26N2O3/c1-19(2,3)24-18(23)20-16-10-9-14-11-21(12-15(14)16)17(22)13-7-5-4-6-8-13/h4-8,14-16H,9-12H2,1-3H3,(H,20,23)/t14-,15-,16-/m1/s1. The van der Waals surface area contributed by atoms with Gasteiger partial charge < -0.3 is 15.0 Å². The van der Waals surface area contributed by atoms with Crippen molar-refractivity contribution in [1.29, 1.82) is 0 Å². The molecular formula is C19H26N2O3. The van der Waals surface area contributed by atoms with Crippen molar-refractivity contribution < 1.29 is 14.3 Å². The second-order valence-electron chi connectivity index (χ2n) is 7.83. The Morgan fingerprint density at radius 1 is 1.12 bits per heavy atom. The van der Waals surface area contributed by atoms with Gasteiger partial charge in [0, 0.05) is 30.6 Å². The maximum absolute atomic E-state index is 12.6. The molecule has 2 amide bonds. The molecular weight excluding hydrogens is 304 g/mol. The van der Waals surface area contributed by atoms with Crippen LogP contribution in [-0.4, -0.2) is 41.6 Å². The number of carbonyl (C=O) groups is 2. The average molecular weight is 330 g/mol. The van der Waals surface area contributed by atoms with Gasteiger partial charge in [-0.25, -0.2) is 4.79 Å². The first kappa shape index (κ1) is 16.8. The highest BCUT2D eigenvalue weighted by atomic mass is 16.6. The first-order valence-electron chi connectivity index (χ1n) is 8.67. The van der Waals surface area contributed by atoms with Crippen LogP contribution in [0.3, 0.4) is 0 Å². The minimum atomic E-state index is -0.493. The first-order valence-corrected chi connectivity index (χ1v) is 8.67. The monoisotopic (exact) mass is 330 g/mol. The molecule has 1 aliphatic heterocycles. The lowest BCUT2D eigenvalue weighted by Crippen LogP contribution is -2.42. The third-order valence-electron chi connectivity index (χ3n) is 4.87. The van der Waals surface area contributed by atoms with Gasteiger partial charge in [-0.3, -0.25) is 4.79 Å². The summed E-state index contributed by atoms with van der Waals surface area (Å²) in [6.45, 7) is 7.07. The Hall–Kier alpha value is -2.04. The zero-order valence-corrected chi connectivity index (χ0v) is 14.6. The second-order valence-corrected chi connectivity index (χ2v) is 7.83. The summed E-state index contributed by atoms with van der Waals surface area (Å²) in [5.41, 5.74) is 0.238. The van der Waals surface area contributed by atoms with Gasteiger partial charge in [0.05, 0.1) is 0 Å². The van der Waals surface area contributed by atoms with Crippen molar-refractivity contribution >= 4 is 12.0 Å². The Balaban J connectivity index is 1.60. The van der Waals surface area contributed by atoms with Crippen molar-refractivity contribution in [1.82, 2.24) is 10.2 Å². The Bertz CT molecular complexity index is 609. The van der Waals surface area contributed by atoms with Crippen LogP contribution >= 0.6 is 0 Å². The van der Waals surface area contributed by atoms with E-state index in [2.05, 4.69) is 5.32 Å². The Labute approximate surface area is 143 Å². The van der Waals surface area contributed by atoms with E-state index in [1.165, 1.54) is 0 Å². The third-order valence-corrected chi connectivity index (χ3v) is 4.87. The molecule has 5 heteroatoms. The third kappa shape index (κ3) is 3.71. The fourth-order valence-electron chi connectivity index (χ4n) is 3.83. The maximum atomic E-state index is 12.6. The number of fused-ring (bicyclic) bond motifs is 1. The molecule has 3 rings (SSSR count). The summed E-state index contributed by atoms with van der Waals surface area (Å²) < 4.78 is 5.36. The van der Waals surface area contributed by atoms with Crippen molar-refractivity contribution in [3.63, 3.8) is 0 Å². The molecule has 5 nitrogen and oxygen atoms in total. The number of nitrogens with zero attached hydrogens (tertiary/aromatic N) is 1. The van der Waals surface area contributed by atoms with E-state index < -0.39 is 5.60 Å². The fourth-order valence-corrected chi connectivity index (χ4v) is 3.83. The van der Waals surface area contributed by atoms with Gasteiger partial charge in [-0.2, -0.15) is 0 Å². The van der Waals surface area contributed by atoms with Crippen LogP contribution < -0.4 is 5.32 Å². The van der Waals surface area contributed by atoms with Crippen molar-refractivity contribution in [3.05, 3.63) is 35.9 Å². The number of carbonyl (C=O) groups excluding carboxylic acids is 2. The molecule has 130 valence electrons. The molecule has 1 aliphatic carbocycles. The van der Waals surface area contributed by atoms with E-state index in [9.17, 15) is 9.59 Å².